The summed E-state index contributed by atoms with van der Waals surface area (Å²) in [6, 6.07) is 0.271. The SMILES string of the molecule is CC(NCC1CCC2CC2C1)c1ncn(C)n1. The second kappa shape index (κ2) is 4.41. The summed E-state index contributed by atoms with van der Waals surface area (Å²) in [5.74, 6) is 3.96. The smallest absolute Gasteiger partial charge is 0.167 e. The summed E-state index contributed by atoms with van der Waals surface area (Å²) in [7, 11) is 1.91. The van der Waals surface area contributed by atoms with E-state index in [1.807, 2.05) is 7.05 Å². The van der Waals surface area contributed by atoms with Crippen LogP contribution in [0.5, 0.6) is 0 Å². The molecule has 2 aliphatic rings. The summed E-state index contributed by atoms with van der Waals surface area (Å²) in [4.78, 5) is 4.29. The third kappa shape index (κ3) is 2.51. The Balaban J connectivity index is 1.47. The molecule has 4 unspecified atom stereocenters. The molecule has 0 bridgehead atoms. The molecule has 0 saturated heterocycles. The molecule has 2 saturated carbocycles. The molecule has 1 heterocycles. The maximum Gasteiger partial charge on any atom is 0.167 e. The molecule has 3 rings (SSSR count). The van der Waals surface area contributed by atoms with E-state index >= 15 is 0 Å². The summed E-state index contributed by atoms with van der Waals surface area (Å²) >= 11 is 0. The maximum atomic E-state index is 4.34. The number of fused-ring (bicyclic) bond motifs is 1. The van der Waals surface area contributed by atoms with Crippen molar-refractivity contribution in [1.82, 2.24) is 20.1 Å². The summed E-state index contributed by atoms with van der Waals surface area (Å²) in [6.45, 7) is 3.28. The van der Waals surface area contributed by atoms with Crippen LogP contribution in [0.1, 0.15) is 44.5 Å². The number of aryl methyl sites for hydroxylation is 1. The molecule has 2 aliphatic carbocycles. The molecule has 4 atom stereocenters. The molecular weight excluding hydrogens is 212 g/mol. The molecule has 17 heavy (non-hydrogen) atoms. The first-order valence-corrected chi connectivity index (χ1v) is 6.81. The predicted octanol–water partition coefficient (Wildman–Crippen LogP) is 1.90. The van der Waals surface area contributed by atoms with Gasteiger partial charge < -0.3 is 5.32 Å². The zero-order chi connectivity index (χ0) is 11.8. The van der Waals surface area contributed by atoms with Crippen molar-refractivity contribution in [2.75, 3.05) is 6.54 Å². The average Bonchev–Trinajstić information content (AvgIpc) is 2.98. The first-order chi connectivity index (χ1) is 8.22. The molecule has 4 nitrogen and oxygen atoms in total. The Morgan fingerprint density at radius 1 is 1.41 bits per heavy atom. The highest BCUT2D eigenvalue weighted by Gasteiger charge is 2.41. The Kier molecular flexibility index (Phi) is 2.90. The molecular formula is C13H22N4. The zero-order valence-electron chi connectivity index (χ0n) is 10.8. The minimum atomic E-state index is 0.271. The van der Waals surface area contributed by atoms with Crippen molar-refractivity contribution >= 4 is 0 Å². The van der Waals surface area contributed by atoms with Crippen LogP contribution in [0.3, 0.4) is 0 Å². The Morgan fingerprint density at radius 2 is 2.29 bits per heavy atom. The molecule has 0 aromatic carbocycles. The highest BCUT2D eigenvalue weighted by molar-refractivity contribution is 4.94. The Morgan fingerprint density at radius 3 is 3.00 bits per heavy atom. The quantitative estimate of drug-likeness (QED) is 0.865. The molecule has 0 amide bonds. The van der Waals surface area contributed by atoms with Gasteiger partial charge in [-0.3, -0.25) is 4.68 Å². The van der Waals surface area contributed by atoms with Crippen LogP contribution in [0.15, 0.2) is 6.33 Å². The third-order valence-electron chi connectivity index (χ3n) is 4.37. The number of hydrogen-bond donors (Lipinski definition) is 1. The second-order valence-corrected chi connectivity index (χ2v) is 5.84. The normalized spacial score (nSPS) is 33.2. The number of aromatic nitrogens is 3. The lowest BCUT2D eigenvalue weighted by atomic mass is 9.89. The van der Waals surface area contributed by atoms with Gasteiger partial charge in [-0.25, -0.2) is 4.98 Å². The lowest BCUT2D eigenvalue weighted by Crippen LogP contribution is -2.28. The van der Waals surface area contributed by atoms with E-state index in [4.69, 9.17) is 0 Å². The minimum Gasteiger partial charge on any atom is -0.307 e. The minimum absolute atomic E-state index is 0.271. The zero-order valence-corrected chi connectivity index (χ0v) is 10.8. The van der Waals surface area contributed by atoms with Crippen LogP contribution in [-0.2, 0) is 7.05 Å². The van der Waals surface area contributed by atoms with Crippen LogP contribution >= 0.6 is 0 Å². The molecule has 0 spiro atoms. The van der Waals surface area contributed by atoms with Gasteiger partial charge in [-0.15, -0.1) is 0 Å². The number of nitrogens with zero attached hydrogens (tertiary/aromatic N) is 3. The summed E-state index contributed by atoms with van der Waals surface area (Å²) in [5.41, 5.74) is 0. The molecule has 4 heteroatoms. The average molecular weight is 234 g/mol. The van der Waals surface area contributed by atoms with E-state index in [0.29, 0.717) is 0 Å². The van der Waals surface area contributed by atoms with Gasteiger partial charge >= 0.3 is 0 Å². The maximum absolute atomic E-state index is 4.34. The Bertz CT molecular complexity index is 387. The van der Waals surface area contributed by atoms with Gasteiger partial charge in [0.1, 0.15) is 6.33 Å². The lowest BCUT2D eigenvalue weighted by molar-refractivity contribution is 0.317. The van der Waals surface area contributed by atoms with Gasteiger partial charge in [-0.2, -0.15) is 5.10 Å². The van der Waals surface area contributed by atoms with Crippen LogP contribution in [-0.4, -0.2) is 21.3 Å². The summed E-state index contributed by atoms with van der Waals surface area (Å²) in [6.07, 6.45) is 7.60. The van der Waals surface area contributed by atoms with Crippen molar-refractivity contribution in [3.63, 3.8) is 0 Å². The Labute approximate surface area is 103 Å². The van der Waals surface area contributed by atoms with E-state index in [1.165, 1.54) is 25.7 Å². The van der Waals surface area contributed by atoms with Gasteiger partial charge in [-0.1, -0.05) is 0 Å². The highest BCUT2D eigenvalue weighted by Crippen LogP contribution is 2.51. The lowest BCUT2D eigenvalue weighted by Gasteiger charge is -2.23. The van der Waals surface area contributed by atoms with Crippen LogP contribution in [0, 0.1) is 17.8 Å². The van der Waals surface area contributed by atoms with Gasteiger partial charge in [0.2, 0.25) is 0 Å². The third-order valence-corrected chi connectivity index (χ3v) is 4.37. The Hall–Kier alpha value is -0.900. The van der Waals surface area contributed by atoms with Gasteiger partial charge in [0.15, 0.2) is 5.82 Å². The van der Waals surface area contributed by atoms with E-state index in [2.05, 4.69) is 22.3 Å². The number of hydrogen-bond acceptors (Lipinski definition) is 3. The standard InChI is InChI=1S/C13H22N4/c1-9(13-15-8-17(2)16-13)14-7-10-3-4-11-6-12(11)5-10/h8-12,14H,3-7H2,1-2H3. The second-order valence-electron chi connectivity index (χ2n) is 5.84. The van der Waals surface area contributed by atoms with E-state index in [-0.39, 0.29) is 6.04 Å². The van der Waals surface area contributed by atoms with Gasteiger partial charge in [0.25, 0.3) is 0 Å². The van der Waals surface area contributed by atoms with Crippen molar-refractivity contribution in [1.29, 1.82) is 0 Å². The first kappa shape index (κ1) is 11.2. The van der Waals surface area contributed by atoms with E-state index in [1.54, 1.807) is 11.0 Å². The van der Waals surface area contributed by atoms with E-state index in [9.17, 15) is 0 Å². The monoisotopic (exact) mass is 234 g/mol. The van der Waals surface area contributed by atoms with Crippen LogP contribution in [0.2, 0.25) is 0 Å². The van der Waals surface area contributed by atoms with Crippen LogP contribution < -0.4 is 5.32 Å². The number of nitrogens with one attached hydrogen (secondary N) is 1. The highest BCUT2D eigenvalue weighted by atomic mass is 15.3. The van der Waals surface area contributed by atoms with Crippen LogP contribution in [0.4, 0.5) is 0 Å². The van der Waals surface area contributed by atoms with Crippen LogP contribution in [0.25, 0.3) is 0 Å². The first-order valence-electron chi connectivity index (χ1n) is 6.81. The van der Waals surface area contributed by atoms with Crippen molar-refractivity contribution in [3.05, 3.63) is 12.2 Å². The number of rotatable bonds is 4. The molecule has 0 aliphatic heterocycles. The molecule has 2 fully saturated rings. The van der Waals surface area contributed by atoms with Gasteiger partial charge in [-0.05, 0) is 56.9 Å². The molecule has 0 radical (unpaired) electrons. The fourth-order valence-electron chi connectivity index (χ4n) is 3.12. The predicted molar refractivity (Wildman–Crippen MR) is 66.4 cm³/mol. The topological polar surface area (TPSA) is 42.7 Å². The molecule has 1 aromatic heterocycles. The van der Waals surface area contributed by atoms with Gasteiger partial charge in [0, 0.05) is 7.05 Å². The largest absolute Gasteiger partial charge is 0.307 e. The van der Waals surface area contributed by atoms with Gasteiger partial charge in [0.05, 0.1) is 6.04 Å². The van der Waals surface area contributed by atoms with Crippen molar-refractivity contribution in [2.45, 2.75) is 38.6 Å². The van der Waals surface area contributed by atoms with Crippen molar-refractivity contribution in [3.8, 4) is 0 Å². The van der Waals surface area contributed by atoms with Crippen molar-refractivity contribution in [2.24, 2.45) is 24.8 Å². The van der Waals surface area contributed by atoms with E-state index in [0.717, 1.165) is 30.1 Å². The molecule has 1 N–H and O–H groups in total. The van der Waals surface area contributed by atoms with Crippen molar-refractivity contribution < 1.29 is 0 Å². The fourth-order valence-corrected chi connectivity index (χ4v) is 3.12. The summed E-state index contributed by atoms with van der Waals surface area (Å²) < 4.78 is 1.77. The summed E-state index contributed by atoms with van der Waals surface area (Å²) in [5, 5.41) is 7.92. The fraction of sp³-hybridized carbons (Fsp3) is 0.846. The van der Waals surface area contributed by atoms with E-state index < -0.39 is 0 Å². The molecule has 94 valence electrons. The molecule has 1 aromatic rings.